The maximum absolute atomic E-state index is 13.5. The fourth-order valence-corrected chi connectivity index (χ4v) is 1.94. The zero-order valence-electron chi connectivity index (χ0n) is 8.92. The van der Waals surface area contributed by atoms with E-state index in [1.54, 1.807) is 12.1 Å². The van der Waals surface area contributed by atoms with Gasteiger partial charge in [-0.05, 0) is 30.5 Å². The zero-order valence-corrected chi connectivity index (χ0v) is 10.5. The standard InChI is InChI=1S/C12H15BrFNO/c13-9-2-1-8(12(14)6-9)5-11(16)7-15-10-3-4-10/h1-2,6,10-11,15-16H,3-5,7H2. The highest BCUT2D eigenvalue weighted by molar-refractivity contribution is 9.10. The molecule has 1 saturated carbocycles. The molecule has 0 amide bonds. The zero-order chi connectivity index (χ0) is 11.5. The fraction of sp³-hybridized carbons (Fsp3) is 0.500. The van der Waals surface area contributed by atoms with Crippen molar-refractivity contribution in [3.05, 3.63) is 34.1 Å². The number of halogens is 2. The second-order valence-electron chi connectivity index (χ2n) is 4.28. The molecule has 1 aromatic carbocycles. The Kier molecular flexibility index (Phi) is 3.95. The first kappa shape index (κ1) is 12.0. The summed E-state index contributed by atoms with van der Waals surface area (Å²) in [6, 6.07) is 5.50. The van der Waals surface area contributed by atoms with Crippen molar-refractivity contribution in [2.45, 2.75) is 31.4 Å². The van der Waals surface area contributed by atoms with E-state index >= 15 is 0 Å². The molecule has 2 nitrogen and oxygen atoms in total. The van der Waals surface area contributed by atoms with Crippen molar-refractivity contribution in [3.63, 3.8) is 0 Å². The molecule has 0 heterocycles. The number of rotatable bonds is 5. The Morgan fingerprint density at radius 1 is 1.50 bits per heavy atom. The van der Waals surface area contributed by atoms with Crippen LogP contribution in [0.5, 0.6) is 0 Å². The molecule has 1 unspecified atom stereocenters. The molecule has 1 aliphatic carbocycles. The third-order valence-electron chi connectivity index (χ3n) is 2.69. The van der Waals surface area contributed by atoms with Crippen molar-refractivity contribution < 1.29 is 9.50 Å². The highest BCUT2D eigenvalue weighted by atomic mass is 79.9. The van der Waals surface area contributed by atoms with Crippen LogP contribution in [-0.2, 0) is 6.42 Å². The number of hydrogen-bond donors (Lipinski definition) is 2. The van der Waals surface area contributed by atoms with Gasteiger partial charge in [-0.1, -0.05) is 22.0 Å². The molecule has 88 valence electrons. The summed E-state index contributed by atoms with van der Waals surface area (Å²) >= 11 is 3.21. The average Bonchev–Trinajstić information content (AvgIpc) is 3.03. The number of aliphatic hydroxyl groups is 1. The van der Waals surface area contributed by atoms with Crippen LogP contribution in [0.4, 0.5) is 4.39 Å². The minimum atomic E-state index is -0.517. The van der Waals surface area contributed by atoms with Gasteiger partial charge in [0.15, 0.2) is 0 Å². The summed E-state index contributed by atoms with van der Waals surface area (Å²) in [5.41, 5.74) is 0.563. The Morgan fingerprint density at radius 3 is 2.88 bits per heavy atom. The summed E-state index contributed by atoms with van der Waals surface area (Å²) in [7, 11) is 0. The Labute approximate surface area is 103 Å². The van der Waals surface area contributed by atoms with Crippen molar-refractivity contribution in [3.8, 4) is 0 Å². The molecular formula is C12H15BrFNO. The summed E-state index contributed by atoms with van der Waals surface area (Å²) in [6.45, 7) is 0.542. The first-order chi connectivity index (χ1) is 7.65. The molecular weight excluding hydrogens is 273 g/mol. The topological polar surface area (TPSA) is 32.3 Å². The van der Waals surface area contributed by atoms with Crippen LogP contribution >= 0.6 is 15.9 Å². The van der Waals surface area contributed by atoms with Crippen LogP contribution < -0.4 is 5.32 Å². The summed E-state index contributed by atoms with van der Waals surface area (Å²) < 4.78 is 14.2. The van der Waals surface area contributed by atoms with Gasteiger partial charge in [-0.2, -0.15) is 0 Å². The molecule has 2 rings (SSSR count). The Hall–Kier alpha value is -0.450. The lowest BCUT2D eigenvalue weighted by Gasteiger charge is -2.12. The molecule has 2 N–H and O–H groups in total. The number of benzene rings is 1. The molecule has 1 fully saturated rings. The third kappa shape index (κ3) is 3.54. The van der Waals surface area contributed by atoms with Crippen LogP contribution in [0.25, 0.3) is 0 Å². The predicted molar refractivity (Wildman–Crippen MR) is 64.8 cm³/mol. The lowest BCUT2D eigenvalue weighted by atomic mass is 10.1. The van der Waals surface area contributed by atoms with Crippen LogP contribution in [0.2, 0.25) is 0 Å². The van der Waals surface area contributed by atoms with Gasteiger partial charge in [0.05, 0.1) is 6.10 Å². The monoisotopic (exact) mass is 287 g/mol. The second-order valence-corrected chi connectivity index (χ2v) is 5.19. The van der Waals surface area contributed by atoms with E-state index in [2.05, 4.69) is 21.2 Å². The molecule has 0 aromatic heterocycles. The number of nitrogens with one attached hydrogen (secondary N) is 1. The lowest BCUT2D eigenvalue weighted by Crippen LogP contribution is -2.30. The summed E-state index contributed by atoms with van der Waals surface area (Å²) in [5.74, 6) is -0.264. The molecule has 0 aliphatic heterocycles. The highest BCUT2D eigenvalue weighted by Crippen LogP contribution is 2.19. The number of aliphatic hydroxyl groups excluding tert-OH is 1. The predicted octanol–water partition coefficient (Wildman–Crippen LogP) is 2.24. The first-order valence-electron chi connectivity index (χ1n) is 5.50. The smallest absolute Gasteiger partial charge is 0.127 e. The van der Waals surface area contributed by atoms with E-state index in [1.165, 1.54) is 18.9 Å². The lowest BCUT2D eigenvalue weighted by molar-refractivity contribution is 0.170. The Balaban J connectivity index is 1.86. The second kappa shape index (κ2) is 5.25. The Morgan fingerprint density at radius 2 is 2.25 bits per heavy atom. The molecule has 1 atom stereocenters. The van der Waals surface area contributed by atoms with Gasteiger partial charge >= 0.3 is 0 Å². The van der Waals surface area contributed by atoms with Crippen LogP contribution in [0.1, 0.15) is 18.4 Å². The molecule has 0 spiro atoms. The van der Waals surface area contributed by atoms with Crippen molar-refractivity contribution in [1.82, 2.24) is 5.32 Å². The van der Waals surface area contributed by atoms with Gasteiger partial charge in [-0.15, -0.1) is 0 Å². The van der Waals surface area contributed by atoms with Crippen molar-refractivity contribution in [2.24, 2.45) is 0 Å². The number of hydrogen-bond acceptors (Lipinski definition) is 2. The van der Waals surface area contributed by atoms with Gasteiger partial charge < -0.3 is 10.4 Å². The van der Waals surface area contributed by atoms with Crippen molar-refractivity contribution >= 4 is 15.9 Å². The molecule has 0 radical (unpaired) electrons. The average molecular weight is 288 g/mol. The van der Waals surface area contributed by atoms with E-state index in [0.29, 0.717) is 24.6 Å². The van der Waals surface area contributed by atoms with Crippen LogP contribution in [0.15, 0.2) is 22.7 Å². The van der Waals surface area contributed by atoms with Gasteiger partial charge in [0.2, 0.25) is 0 Å². The van der Waals surface area contributed by atoms with Crippen molar-refractivity contribution in [1.29, 1.82) is 0 Å². The van der Waals surface area contributed by atoms with Gasteiger partial charge in [0, 0.05) is 23.5 Å². The van der Waals surface area contributed by atoms with Gasteiger partial charge in [0.1, 0.15) is 5.82 Å². The van der Waals surface area contributed by atoms with Crippen LogP contribution in [0.3, 0.4) is 0 Å². The third-order valence-corrected chi connectivity index (χ3v) is 3.18. The minimum Gasteiger partial charge on any atom is -0.391 e. The van der Waals surface area contributed by atoms with E-state index in [-0.39, 0.29) is 5.82 Å². The van der Waals surface area contributed by atoms with E-state index in [9.17, 15) is 9.50 Å². The molecule has 1 aromatic rings. The largest absolute Gasteiger partial charge is 0.391 e. The highest BCUT2D eigenvalue weighted by Gasteiger charge is 2.21. The van der Waals surface area contributed by atoms with Gasteiger partial charge in [0.25, 0.3) is 0 Å². The maximum Gasteiger partial charge on any atom is 0.127 e. The minimum absolute atomic E-state index is 0.264. The summed E-state index contributed by atoms with van der Waals surface area (Å²) in [5, 5.41) is 13.0. The molecule has 16 heavy (non-hydrogen) atoms. The van der Waals surface area contributed by atoms with Crippen LogP contribution in [0, 0.1) is 5.82 Å². The van der Waals surface area contributed by atoms with E-state index in [0.717, 1.165) is 4.47 Å². The van der Waals surface area contributed by atoms with E-state index in [1.807, 2.05) is 0 Å². The van der Waals surface area contributed by atoms with E-state index < -0.39 is 6.10 Å². The van der Waals surface area contributed by atoms with Crippen LogP contribution in [-0.4, -0.2) is 23.8 Å². The summed E-state index contributed by atoms with van der Waals surface area (Å²) in [4.78, 5) is 0. The molecule has 0 bridgehead atoms. The normalized spacial score (nSPS) is 17.4. The Bertz CT molecular complexity index is 368. The molecule has 4 heteroatoms. The fourth-order valence-electron chi connectivity index (χ4n) is 1.60. The van der Waals surface area contributed by atoms with Gasteiger partial charge in [-0.25, -0.2) is 4.39 Å². The van der Waals surface area contributed by atoms with E-state index in [4.69, 9.17) is 0 Å². The van der Waals surface area contributed by atoms with Crippen molar-refractivity contribution in [2.75, 3.05) is 6.54 Å². The maximum atomic E-state index is 13.5. The SMILES string of the molecule is OC(CNC1CC1)Cc1ccc(Br)cc1F. The van der Waals surface area contributed by atoms with Gasteiger partial charge in [-0.3, -0.25) is 0 Å². The quantitative estimate of drug-likeness (QED) is 0.871. The molecule has 1 aliphatic rings. The molecule has 0 saturated heterocycles. The summed E-state index contributed by atoms with van der Waals surface area (Å²) in [6.07, 6.45) is 2.23. The first-order valence-corrected chi connectivity index (χ1v) is 6.30.